The highest BCUT2D eigenvalue weighted by molar-refractivity contribution is 7.99. The fourth-order valence-corrected chi connectivity index (χ4v) is 4.95. The zero-order valence-electron chi connectivity index (χ0n) is 20.0. The van der Waals surface area contributed by atoms with Crippen LogP contribution in [0.3, 0.4) is 0 Å². The van der Waals surface area contributed by atoms with Gasteiger partial charge in [-0.1, -0.05) is 11.8 Å². The van der Waals surface area contributed by atoms with Gasteiger partial charge in [0.05, 0.1) is 5.75 Å². The average Bonchev–Trinajstić information content (AvgIpc) is 3.42. The maximum atomic E-state index is 12.5. The van der Waals surface area contributed by atoms with Crippen molar-refractivity contribution in [2.45, 2.75) is 32.3 Å². The number of benzene rings is 2. The summed E-state index contributed by atoms with van der Waals surface area (Å²) in [7, 11) is 1.91. The number of thioether (sulfide) groups is 1. The quantitative estimate of drug-likeness (QED) is 0.494. The molecule has 8 nitrogen and oxygen atoms in total. The molecule has 4 rings (SSSR count). The number of amides is 2. The maximum absolute atomic E-state index is 12.5. The van der Waals surface area contributed by atoms with Crippen LogP contribution >= 0.6 is 11.8 Å². The predicted molar refractivity (Wildman–Crippen MR) is 138 cm³/mol. The molecule has 1 aromatic heterocycles. The number of carbonyl (C=O) groups excluding carboxylic acids is 2. The van der Waals surface area contributed by atoms with Crippen LogP contribution in [0.2, 0.25) is 0 Å². The van der Waals surface area contributed by atoms with Gasteiger partial charge in [-0.3, -0.25) is 9.59 Å². The third-order valence-corrected chi connectivity index (χ3v) is 7.08. The first-order chi connectivity index (χ1) is 16.4. The zero-order chi connectivity index (χ0) is 24.2. The van der Waals surface area contributed by atoms with Crippen LogP contribution in [0.5, 0.6) is 0 Å². The summed E-state index contributed by atoms with van der Waals surface area (Å²) in [5.74, 6) is 0.917. The molecule has 0 bridgehead atoms. The fraction of sp³-hybridized carbons (Fsp3) is 0.360. The second-order valence-corrected chi connectivity index (χ2v) is 9.13. The van der Waals surface area contributed by atoms with Crippen molar-refractivity contribution < 1.29 is 9.59 Å². The van der Waals surface area contributed by atoms with E-state index in [1.807, 2.05) is 29.8 Å². The minimum Gasteiger partial charge on any atom is -0.372 e. The smallest absolute Gasteiger partial charge is 0.234 e. The molecule has 0 spiro atoms. The lowest BCUT2D eigenvalue weighted by Crippen LogP contribution is -2.25. The standard InChI is InChI=1S/C25H30N6O2S/c1-5-30(6-2)21-10-7-18(8-11-21)24-27-28-25(29(24)4)34-16-23(33)26-20-9-12-22-19(15-20)13-14-31(22)17(3)32/h7-12,15H,5-6,13-14,16H2,1-4H3,(H,26,33). The van der Waals surface area contributed by atoms with Crippen LogP contribution in [0.15, 0.2) is 47.6 Å². The topological polar surface area (TPSA) is 83.4 Å². The summed E-state index contributed by atoms with van der Waals surface area (Å²) < 4.78 is 1.91. The van der Waals surface area contributed by atoms with Gasteiger partial charge in [-0.2, -0.15) is 0 Å². The molecule has 0 fully saturated rings. The molecule has 9 heteroatoms. The molecule has 0 atom stereocenters. The number of nitrogens with one attached hydrogen (secondary N) is 1. The average molecular weight is 479 g/mol. The molecule has 0 saturated carbocycles. The Hall–Kier alpha value is -3.33. The molecule has 0 unspecified atom stereocenters. The van der Waals surface area contributed by atoms with Crippen molar-refractivity contribution in [2.24, 2.45) is 7.05 Å². The molecular formula is C25H30N6O2S. The van der Waals surface area contributed by atoms with E-state index in [-0.39, 0.29) is 17.6 Å². The van der Waals surface area contributed by atoms with Crippen LogP contribution in [-0.2, 0) is 23.1 Å². The monoisotopic (exact) mass is 478 g/mol. The lowest BCUT2D eigenvalue weighted by Gasteiger charge is -2.21. The molecule has 0 aliphatic carbocycles. The van der Waals surface area contributed by atoms with Gasteiger partial charge < -0.3 is 19.7 Å². The van der Waals surface area contributed by atoms with E-state index in [4.69, 9.17) is 0 Å². The van der Waals surface area contributed by atoms with E-state index in [2.05, 4.69) is 58.5 Å². The van der Waals surface area contributed by atoms with E-state index in [1.54, 1.807) is 11.8 Å². The van der Waals surface area contributed by atoms with Gasteiger partial charge in [-0.15, -0.1) is 10.2 Å². The number of hydrogen-bond donors (Lipinski definition) is 1. The molecule has 34 heavy (non-hydrogen) atoms. The van der Waals surface area contributed by atoms with Crippen LogP contribution in [0, 0.1) is 0 Å². The summed E-state index contributed by atoms with van der Waals surface area (Å²) in [5.41, 5.74) is 4.91. The molecule has 1 aliphatic heterocycles. The van der Waals surface area contributed by atoms with Crippen LogP contribution < -0.4 is 15.1 Å². The first-order valence-corrected chi connectivity index (χ1v) is 12.5. The van der Waals surface area contributed by atoms with E-state index in [9.17, 15) is 9.59 Å². The van der Waals surface area contributed by atoms with Gasteiger partial charge in [-0.05, 0) is 68.3 Å². The Kier molecular flexibility index (Phi) is 7.21. The van der Waals surface area contributed by atoms with Crippen molar-refractivity contribution >= 4 is 40.6 Å². The van der Waals surface area contributed by atoms with Crippen molar-refractivity contribution in [1.82, 2.24) is 14.8 Å². The third kappa shape index (κ3) is 4.94. The summed E-state index contributed by atoms with van der Waals surface area (Å²) in [5, 5.41) is 12.2. The maximum Gasteiger partial charge on any atom is 0.234 e. The molecule has 0 saturated heterocycles. The van der Waals surface area contributed by atoms with Crippen molar-refractivity contribution in [3.8, 4) is 11.4 Å². The summed E-state index contributed by atoms with van der Waals surface area (Å²) in [6, 6.07) is 14.0. The summed E-state index contributed by atoms with van der Waals surface area (Å²) in [6.07, 6.45) is 0.797. The highest BCUT2D eigenvalue weighted by atomic mass is 32.2. The lowest BCUT2D eigenvalue weighted by atomic mass is 10.1. The summed E-state index contributed by atoms with van der Waals surface area (Å²) in [4.78, 5) is 28.3. The van der Waals surface area contributed by atoms with Gasteiger partial charge in [0.25, 0.3) is 0 Å². The van der Waals surface area contributed by atoms with Gasteiger partial charge in [0.15, 0.2) is 11.0 Å². The molecule has 178 valence electrons. The second kappa shape index (κ2) is 10.3. The van der Waals surface area contributed by atoms with E-state index < -0.39 is 0 Å². The number of fused-ring (bicyclic) bond motifs is 1. The van der Waals surface area contributed by atoms with Gasteiger partial charge in [0.1, 0.15) is 0 Å². The van der Waals surface area contributed by atoms with Crippen molar-refractivity contribution in [3.63, 3.8) is 0 Å². The van der Waals surface area contributed by atoms with Crippen molar-refractivity contribution in [2.75, 3.05) is 40.5 Å². The number of carbonyl (C=O) groups is 2. The molecule has 2 heterocycles. The Labute approximate surface area is 204 Å². The Bertz CT molecular complexity index is 1190. The predicted octanol–water partition coefficient (Wildman–Crippen LogP) is 3.97. The normalized spacial score (nSPS) is 12.5. The Morgan fingerprint density at radius 1 is 1.09 bits per heavy atom. The van der Waals surface area contributed by atoms with Crippen LogP contribution in [0.25, 0.3) is 11.4 Å². The lowest BCUT2D eigenvalue weighted by molar-refractivity contribution is -0.116. The first kappa shape index (κ1) is 23.8. The van der Waals surface area contributed by atoms with Crippen LogP contribution in [0.1, 0.15) is 26.3 Å². The molecule has 2 amide bonds. The van der Waals surface area contributed by atoms with E-state index in [0.717, 1.165) is 47.8 Å². The van der Waals surface area contributed by atoms with Gasteiger partial charge >= 0.3 is 0 Å². The van der Waals surface area contributed by atoms with E-state index in [0.29, 0.717) is 11.7 Å². The van der Waals surface area contributed by atoms with Gasteiger partial charge in [-0.25, -0.2) is 0 Å². The van der Waals surface area contributed by atoms with Crippen molar-refractivity contribution in [3.05, 3.63) is 48.0 Å². The molecule has 1 N–H and O–H groups in total. The minimum atomic E-state index is -0.112. The number of rotatable bonds is 8. The molecule has 1 aliphatic rings. The van der Waals surface area contributed by atoms with Gasteiger partial charge in [0, 0.05) is 56.2 Å². The highest BCUT2D eigenvalue weighted by Crippen LogP contribution is 2.31. The van der Waals surface area contributed by atoms with Crippen molar-refractivity contribution in [1.29, 1.82) is 0 Å². The Balaban J connectivity index is 1.37. The largest absolute Gasteiger partial charge is 0.372 e. The molecule has 0 radical (unpaired) electrons. The molecule has 2 aromatic carbocycles. The highest BCUT2D eigenvalue weighted by Gasteiger charge is 2.22. The minimum absolute atomic E-state index is 0.0369. The Morgan fingerprint density at radius 2 is 1.82 bits per heavy atom. The van der Waals surface area contributed by atoms with E-state index in [1.165, 1.54) is 17.4 Å². The number of aromatic nitrogens is 3. The second-order valence-electron chi connectivity index (χ2n) is 8.19. The molecule has 3 aromatic rings. The summed E-state index contributed by atoms with van der Waals surface area (Å²) in [6.45, 7) is 8.47. The third-order valence-electron chi connectivity index (χ3n) is 6.06. The number of nitrogens with zero attached hydrogens (tertiary/aromatic N) is 5. The number of hydrogen-bond acceptors (Lipinski definition) is 6. The van der Waals surface area contributed by atoms with Crippen LogP contribution in [0.4, 0.5) is 17.1 Å². The number of anilines is 3. The Morgan fingerprint density at radius 3 is 2.50 bits per heavy atom. The SMILES string of the molecule is CCN(CC)c1ccc(-c2nnc(SCC(=O)Nc3ccc4c(c3)CCN4C(C)=O)n2C)cc1. The van der Waals surface area contributed by atoms with Gasteiger partial charge in [0.2, 0.25) is 11.8 Å². The zero-order valence-corrected chi connectivity index (χ0v) is 20.9. The first-order valence-electron chi connectivity index (χ1n) is 11.5. The fourth-order valence-electron chi connectivity index (χ4n) is 4.24. The van der Waals surface area contributed by atoms with Crippen LogP contribution in [-0.4, -0.2) is 52.0 Å². The molecular weight excluding hydrogens is 448 g/mol. The summed E-state index contributed by atoms with van der Waals surface area (Å²) >= 11 is 1.35. The van der Waals surface area contributed by atoms with E-state index >= 15 is 0 Å².